The molecule has 2 heteroatoms. The Labute approximate surface area is 80.7 Å². The second kappa shape index (κ2) is 6.16. The van der Waals surface area contributed by atoms with E-state index in [1.807, 2.05) is 12.1 Å². The Morgan fingerprint density at radius 2 is 2.00 bits per heavy atom. The molecule has 1 aromatic rings. The van der Waals surface area contributed by atoms with Gasteiger partial charge in [0.1, 0.15) is 6.61 Å². The van der Waals surface area contributed by atoms with Crippen molar-refractivity contribution in [3.05, 3.63) is 35.9 Å². The molecule has 0 aliphatic heterocycles. The van der Waals surface area contributed by atoms with Crippen molar-refractivity contribution >= 4 is 0 Å². The van der Waals surface area contributed by atoms with Crippen LogP contribution in [0.3, 0.4) is 0 Å². The summed E-state index contributed by atoms with van der Waals surface area (Å²) in [6.07, 6.45) is 0. The number of hydrogen-bond acceptors (Lipinski definition) is 1. The van der Waals surface area contributed by atoms with E-state index in [1.165, 1.54) is 0 Å². The van der Waals surface area contributed by atoms with Gasteiger partial charge >= 0.3 is 0 Å². The summed E-state index contributed by atoms with van der Waals surface area (Å²) in [6.45, 7) is -0.0847. The van der Waals surface area contributed by atoms with E-state index in [-0.39, 0.29) is 27.7 Å². The summed E-state index contributed by atoms with van der Waals surface area (Å²) in [5.41, 5.74) is 0.910. The van der Waals surface area contributed by atoms with E-state index in [4.69, 9.17) is 5.11 Å². The molecule has 0 radical (unpaired) electrons. The van der Waals surface area contributed by atoms with Gasteiger partial charge in [0, 0.05) is 21.1 Å². The van der Waals surface area contributed by atoms with Gasteiger partial charge < -0.3 is 5.11 Å². The normalized spacial score (nSPS) is 7.36. The van der Waals surface area contributed by atoms with Gasteiger partial charge in [-0.15, -0.1) is 0 Å². The molecule has 0 fully saturated rings. The van der Waals surface area contributed by atoms with Crippen LogP contribution in [0.4, 0.5) is 0 Å². The molecule has 0 unspecified atom stereocenters. The maximum atomic E-state index is 8.35. The molecular weight excluding hydrogens is 308 g/mol. The fourth-order valence-corrected chi connectivity index (χ4v) is 0.612. The quantitative estimate of drug-likeness (QED) is 0.555. The van der Waals surface area contributed by atoms with E-state index in [0.717, 1.165) is 5.56 Å². The number of aliphatic hydroxyl groups excluding tert-OH is 1. The Hall–Kier alpha value is -0.572. The molecule has 0 aliphatic rings. The summed E-state index contributed by atoms with van der Waals surface area (Å²) < 4.78 is 0. The summed E-state index contributed by atoms with van der Waals surface area (Å²) in [5, 5.41) is 8.35. The summed E-state index contributed by atoms with van der Waals surface area (Å²) in [4.78, 5) is 0. The first-order chi connectivity index (χ1) is 4.93. The Balaban J connectivity index is 0.000001000. The van der Waals surface area contributed by atoms with Crippen LogP contribution in [0.15, 0.2) is 24.3 Å². The van der Waals surface area contributed by atoms with Crippen molar-refractivity contribution in [2.75, 3.05) is 6.61 Å². The first-order valence-corrected chi connectivity index (χ1v) is 2.99. The standard InChI is InChI=1S/C9H7O.W/c10-8-4-7-9-5-2-1-3-6-9;/h2-3,5-6,10H,8H2;/q-1;. The van der Waals surface area contributed by atoms with Crippen LogP contribution in [0.2, 0.25) is 0 Å². The number of hydrogen-bond donors (Lipinski definition) is 1. The van der Waals surface area contributed by atoms with Crippen molar-refractivity contribution < 1.29 is 26.2 Å². The Morgan fingerprint density at radius 3 is 2.55 bits per heavy atom. The van der Waals surface area contributed by atoms with E-state index in [9.17, 15) is 0 Å². The summed E-state index contributed by atoms with van der Waals surface area (Å²) in [6, 6.07) is 10.2. The van der Waals surface area contributed by atoms with Gasteiger partial charge in [-0.3, -0.25) is 0 Å². The number of rotatable bonds is 0. The number of aliphatic hydroxyl groups is 1. The molecule has 11 heavy (non-hydrogen) atoms. The molecule has 0 spiro atoms. The third-order valence-corrected chi connectivity index (χ3v) is 1.03. The van der Waals surface area contributed by atoms with E-state index in [1.54, 1.807) is 12.1 Å². The molecule has 56 valence electrons. The molecule has 0 aliphatic carbocycles. The van der Waals surface area contributed by atoms with Crippen LogP contribution in [0.1, 0.15) is 5.56 Å². The average Bonchev–Trinajstić information content (AvgIpc) is 2.03. The van der Waals surface area contributed by atoms with Gasteiger partial charge in [0.05, 0.1) is 0 Å². The molecule has 0 saturated carbocycles. The molecule has 1 aromatic carbocycles. The van der Waals surface area contributed by atoms with Crippen LogP contribution in [-0.2, 0) is 21.1 Å². The van der Waals surface area contributed by atoms with Crippen LogP contribution in [-0.4, -0.2) is 11.7 Å². The fraction of sp³-hybridized carbons (Fsp3) is 0.111. The first kappa shape index (κ1) is 10.4. The summed E-state index contributed by atoms with van der Waals surface area (Å²) in [7, 11) is 0. The van der Waals surface area contributed by atoms with Gasteiger partial charge in [0.2, 0.25) is 0 Å². The third-order valence-electron chi connectivity index (χ3n) is 1.03. The van der Waals surface area contributed by atoms with Crippen molar-refractivity contribution in [1.82, 2.24) is 0 Å². The maximum Gasteiger partial charge on any atom is 0.104 e. The summed E-state index contributed by atoms with van der Waals surface area (Å²) in [5.74, 6) is 5.33. The minimum Gasteiger partial charge on any atom is -0.384 e. The molecule has 0 bridgehead atoms. The van der Waals surface area contributed by atoms with Crippen LogP contribution in [0.5, 0.6) is 0 Å². The minimum atomic E-state index is -0.0847. The molecule has 1 nitrogen and oxygen atoms in total. The zero-order valence-electron chi connectivity index (χ0n) is 5.87. The van der Waals surface area contributed by atoms with Gasteiger partial charge in [0.15, 0.2) is 0 Å². The maximum absolute atomic E-state index is 8.35. The molecule has 1 N–H and O–H groups in total. The Morgan fingerprint density at radius 1 is 1.36 bits per heavy atom. The van der Waals surface area contributed by atoms with E-state index < -0.39 is 0 Å². The van der Waals surface area contributed by atoms with Crippen LogP contribution in [0.25, 0.3) is 0 Å². The largest absolute Gasteiger partial charge is 0.384 e. The smallest absolute Gasteiger partial charge is 0.104 e. The van der Waals surface area contributed by atoms with Gasteiger partial charge in [-0.2, -0.15) is 30.3 Å². The zero-order chi connectivity index (χ0) is 7.23. The SMILES string of the molecule is OCC#Cc1cc[c-]cc1.[W]. The molecule has 0 amide bonds. The zero-order valence-corrected chi connectivity index (χ0v) is 8.81. The topological polar surface area (TPSA) is 20.2 Å². The minimum absolute atomic E-state index is 0. The molecule has 0 heterocycles. The molecule has 1 rings (SSSR count). The van der Waals surface area contributed by atoms with E-state index >= 15 is 0 Å². The Kier molecular flexibility index (Phi) is 5.84. The molecule has 0 atom stereocenters. The van der Waals surface area contributed by atoms with Crippen LogP contribution in [0, 0.1) is 17.9 Å². The predicted octanol–water partition coefficient (Wildman–Crippen LogP) is 0.828. The van der Waals surface area contributed by atoms with Gasteiger partial charge in [0.25, 0.3) is 0 Å². The van der Waals surface area contributed by atoms with E-state index in [2.05, 4.69) is 17.9 Å². The Bertz CT molecular complexity index is 245. The fourth-order valence-electron chi connectivity index (χ4n) is 0.612. The second-order valence-electron chi connectivity index (χ2n) is 1.75. The van der Waals surface area contributed by atoms with Crippen molar-refractivity contribution in [1.29, 1.82) is 0 Å². The second-order valence-corrected chi connectivity index (χ2v) is 1.75. The van der Waals surface area contributed by atoms with Gasteiger partial charge in [-0.25, -0.2) is 0 Å². The van der Waals surface area contributed by atoms with Crippen molar-refractivity contribution in [3.8, 4) is 11.8 Å². The van der Waals surface area contributed by atoms with Crippen molar-refractivity contribution in [2.24, 2.45) is 0 Å². The predicted molar refractivity (Wildman–Crippen MR) is 39.2 cm³/mol. The van der Waals surface area contributed by atoms with Crippen molar-refractivity contribution in [3.63, 3.8) is 0 Å². The molecular formula is C9H7OW-. The first-order valence-electron chi connectivity index (χ1n) is 2.99. The van der Waals surface area contributed by atoms with E-state index in [0.29, 0.717) is 0 Å². The average molecular weight is 315 g/mol. The molecule has 0 saturated heterocycles. The number of benzene rings is 1. The van der Waals surface area contributed by atoms with Crippen LogP contribution >= 0.6 is 0 Å². The molecule has 0 aromatic heterocycles. The third kappa shape index (κ3) is 3.98. The van der Waals surface area contributed by atoms with Crippen molar-refractivity contribution in [2.45, 2.75) is 0 Å². The summed E-state index contributed by atoms with van der Waals surface area (Å²) >= 11 is 0. The monoisotopic (exact) mass is 315 g/mol. The van der Waals surface area contributed by atoms with Gasteiger partial charge in [-0.05, 0) is 0 Å². The van der Waals surface area contributed by atoms with Gasteiger partial charge in [-0.1, -0.05) is 17.4 Å². The van der Waals surface area contributed by atoms with Crippen LogP contribution < -0.4 is 0 Å².